The number of amides is 1. The molecule has 1 saturated carbocycles. The van der Waals surface area contributed by atoms with Crippen molar-refractivity contribution in [1.82, 2.24) is 14.8 Å². The van der Waals surface area contributed by atoms with Crippen LogP contribution in [0.5, 0.6) is 0 Å². The smallest absolute Gasteiger partial charge is 0.277 e. The van der Waals surface area contributed by atoms with E-state index in [0.29, 0.717) is 33.5 Å². The molecule has 0 radical (unpaired) electrons. The fourth-order valence-corrected chi connectivity index (χ4v) is 4.31. The molecule has 0 spiro atoms. The highest BCUT2D eigenvalue weighted by molar-refractivity contribution is 7.70. The van der Waals surface area contributed by atoms with Gasteiger partial charge in [0.1, 0.15) is 18.3 Å². The summed E-state index contributed by atoms with van der Waals surface area (Å²) >= 11 is 0. The summed E-state index contributed by atoms with van der Waals surface area (Å²) in [4.78, 5) is 29.1. The van der Waals surface area contributed by atoms with Crippen molar-refractivity contribution in [3.8, 4) is 0 Å². The quantitative estimate of drug-likeness (QED) is 0.572. The number of anilines is 3. The second-order valence-electron chi connectivity index (χ2n) is 7.51. The van der Waals surface area contributed by atoms with E-state index in [4.69, 9.17) is 0 Å². The molecular formula is C19H22N5O3P. The molecule has 4 rings (SSSR count). The molecule has 28 heavy (non-hydrogen) atoms. The van der Waals surface area contributed by atoms with E-state index in [-0.39, 0.29) is 17.4 Å². The standard InChI is InChI=1S/C19H22N5O3P/c1-24-19(26)16-13(20-12-6-4-5-7-14(12)28(2,3)27)10-15(21-17(16)23-24)22-18(25)11-8-9-11/h4-7,10-11H,8-9H2,1-3H3,(H3,20,21,22,23,25). The van der Waals surface area contributed by atoms with E-state index in [1.54, 1.807) is 26.4 Å². The molecule has 3 N–H and O–H groups in total. The molecule has 0 saturated heterocycles. The molecule has 0 bridgehead atoms. The Morgan fingerprint density at radius 3 is 2.64 bits per heavy atom. The first-order chi connectivity index (χ1) is 13.2. The number of aromatic nitrogens is 3. The van der Waals surface area contributed by atoms with Crippen LogP contribution in [-0.4, -0.2) is 34.0 Å². The summed E-state index contributed by atoms with van der Waals surface area (Å²) < 4.78 is 14.0. The molecule has 1 aliphatic rings. The van der Waals surface area contributed by atoms with Gasteiger partial charge in [-0.15, -0.1) is 0 Å². The second kappa shape index (κ2) is 6.63. The SMILES string of the molecule is Cn1[nH]c2nc(NC(=O)C3CC3)cc(Nc3ccccc3P(C)(C)=O)c2c1=O. The number of nitrogens with zero attached hydrogens (tertiary/aromatic N) is 2. The molecule has 9 heteroatoms. The van der Waals surface area contributed by atoms with Crippen molar-refractivity contribution in [2.24, 2.45) is 13.0 Å². The first-order valence-electron chi connectivity index (χ1n) is 9.06. The summed E-state index contributed by atoms with van der Waals surface area (Å²) in [5.74, 6) is 0.334. The molecule has 1 amide bonds. The predicted octanol–water partition coefficient (Wildman–Crippen LogP) is 2.60. The van der Waals surface area contributed by atoms with Gasteiger partial charge in [-0.3, -0.25) is 19.4 Å². The lowest BCUT2D eigenvalue weighted by Gasteiger charge is -2.16. The van der Waals surface area contributed by atoms with Gasteiger partial charge in [0.05, 0.1) is 5.69 Å². The van der Waals surface area contributed by atoms with Gasteiger partial charge < -0.3 is 15.2 Å². The van der Waals surface area contributed by atoms with E-state index >= 15 is 0 Å². The number of fused-ring (bicyclic) bond motifs is 1. The molecule has 1 aromatic carbocycles. The van der Waals surface area contributed by atoms with Crippen LogP contribution in [0.25, 0.3) is 11.0 Å². The van der Waals surface area contributed by atoms with Crippen molar-refractivity contribution >= 4 is 46.6 Å². The van der Waals surface area contributed by atoms with Crippen LogP contribution in [0.1, 0.15) is 12.8 Å². The molecule has 2 heterocycles. The van der Waals surface area contributed by atoms with Gasteiger partial charge in [-0.25, -0.2) is 4.98 Å². The number of nitrogens with one attached hydrogen (secondary N) is 3. The fraction of sp³-hybridized carbons (Fsp3) is 0.316. The highest BCUT2D eigenvalue weighted by Gasteiger charge is 2.30. The minimum absolute atomic E-state index is 0.0375. The van der Waals surface area contributed by atoms with E-state index in [9.17, 15) is 14.2 Å². The molecule has 2 aromatic heterocycles. The van der Waals surface area contributed by atoms with Crippen molar-refractivity contribution in [2.75, 3.05) is 24.0 Å². The van der Waals surface area contributed by atoms with E-state index in [1.165, 1.54) is 4.68 Å². The Balaban J connectivity index is 1.82. The number of carbonyl (C=O) groups is 1. The number of para-hydroxylation sites is 1. The van der Waals surface area contributed by atoms with Gasteiger partial charge in [0.15, 0.2) is 5.65 Å². The Morgan fingerprint density at radius 1 is 1.25 bits per heavy atom. The number of aromatic amines is 1. The van der Waals surface area contributed by atoms with Gasteiger partial charge in [0, 0.05) is 30.0 Å². The largest absolute Gasteiger partial charge is 0.354 e. The average Bonchev–Trinajstić information content (AvgIpc) is 3.42. The fourth-order valence-electron chi connectivity index (χ4n) is 3.15. The van der Waals surface area contributed by atoms with Crippen molar-refractivity contribution in [3.63, 3.8) is 0 Å². The van der Waals surface area contributed by atoms with Crippen LogP contribution in [0.2, 0.25) is 0 Å². The lowest BCUT2D eigenvalue weighted by Crippen LogP contribution is -2.16. The third-order valence-electron chi connectivity index (χ3n) is 4.76. The third-order valence-corrected chi connectivity index (χ3v) is 6.31. The zero-order chi connectivity index (χ0) is 20.1. The Labute approximate surface area is 161 Å². The van der Waals surface area contributed by atoms with Crippen LogP contribution in [0.4, 0.5) is 17.2 Å². The average molecular weight is 399 g/mol. The predicted molar refractivity (Wildman–Crippen MR) is 112 cm³/mol. The topological polar surface area (TPSA) is 109 Å². The molecule has 146 valence electrons. The number of pyridine rings is 1. The number of rotatable bonds is 5. The minimum atomic E-state index is -2.54. The number of carbonyl (C=O) groups excluding carboxylic acids is 1. The van der Waals surface area contributed by atoms with Gasteiger partial charge in [0.25, 0.3) is 5.56 Å². The molecule has 3 aromatic rings. The summed E-state index contributed by atoms with van der Waals surface area (Å²) in [6.45, 7) is 3.40. The molecule has 1 fully saturated rings. The van der Waals surface area contributed by atoms with E-state index in [1.807, 2.05) is 24.3 Å². The highest BCUT2D eigenvalue weighted by Crippen LogP contribution is 2.39. The van der Waals surface area contributed by atoms with Crippen LogP contribution in [0.3, 0.4) is 0 Å². The maximum atomic E-state index is 12.7. The Morgan fingerprint density at radius 2 is 1.96 bits per heavy atom. The molecule has 0 aliphatic heterocycles. The first-order valence-corrected chi connectivity index (χ1v) is 11.7. The molecule has 8 nitrogen and oxygen atoms in total. The maximum Gasteiger partial charge on any atom is 0.277 e. The van der Waals surface area contributed by atoms with Crippen LogP contribution >= 0.6 is 7.14 Å². The molecular weight excluding hydrogens is 377 g/mol. The lowest BCUT2D eigenvalue weighted by molar-refractivity contribution is -0.117. The summed E-state index contributed by atoms with van der Waals surface area (Å²) in [6, 6.07) is 8.95. The zero-order valence-electron chi connectivity index (χ0n) is 15.9. The van der Waals surface area contributed by atoms with Gasteiger partial charge in [-0.05, 0) is 38.3 Å². The number of hydrogen-bond donors (Lipinski definition) is 3. The molecule has 0 atom stereocenters. The van der Waals surface area contributed by atoms with Crippen LogP contribution in [0.15, 0.2) is 35.1 Å². The molecule has 0 unspecified atom stereocenters. The maximum absolute atomic E-state index is 12.7. The van der Waals surface area contributed by atoms with Crippen molar-refractivity contribution in [2.45, 2.75) is 12.8 Å². The Kier molecular flexibility index (Phi) is 4.38. The van der Waals surface area contributed by atoms with E-state index in [0.717, 1.165) is 12.8 Å². The van der Waals surface area contributed by atoms with Crippen LogP contribution < -0.4 is 21.5 Å². The molecule has 1 aliphatic carbocycles. The zero-order valence-corrected chi connectivity index (χ0v) is 16.8. The van der Waals surface area contributed by atoms with Crippen LogP contribution in [0, 0.1) is 5.92 Å². The number of hydrogen-bond acceptors (Lipinski definition) is 5. The monoisotopic (exact) mass is 399 g/mol. The summed E-state index contributed by atoms with van der Waals surface area (Å²) in [5.41, 5.74) is 1.29. The minimum Gasteiger partial charge on any atom is -0.354 e. The third kappa shape index (κ3) is 3.47. The van der Waals surface area contributed by atoms with E-state index in [2.05, 4.69) is 20.7 Å². The van der Waals surface area contributed by atoms with Gasteiger partial charge in [0.2, 0.25) is 5.91 Å². The number of benzene rings is 1. The lowest BCUT2D eigenvalue weighted by atomic mass is 10.2. The van der Waals surface area contributed by atoms with Gasteiger partial charge in [-0.2, -0.15) is 0 Å². The Bertz CT molecular complexity index is 1190. The van der Waals surface area contributed by atoms with Gasteiger partial charge >= 0.3 is 0 Å². The highest BCUT2D eigenvalue weighted by atomic mass is 31.2. The van der Waals surface area contributed by atoms with Crippen molar-refractivity contribution in [3.05, 3.63) is 40.7 Å². The Hall–Kier alpha value is -2.86. The van der Waals surface area contributed by atoms with E-state index < -0.39 is 7.14 Å². The second-order valence-corrected chi connectivity index (χ2v) is 10.7. The van der Waals surface area contributed by atoms with Crippen LogP contribution in [-0.2, 0) is 16.4 Å². The summed E-state index contributed by atoms with van der Waals surface area (Å²) in [5, 5.41) is 10.0. The summed E-state index contributed by atoms with van der Waals surface area (Å²) in [7, 11) is -0.930. The van der Waals surface area contributed by atoms with Crippen molar-refractivity contribution < 1.29 is 9.36 Å². The van der Waals surface area contributed by atoms with Gasteiger partial charge in [-0.1, -0.05) is 12.1 Å². The summed E-state index contributed by atoms with van der Waals surface area (Å²) in [6.07, 6.45) is 1.77. The normalized spacial score (nSPS) is 14.2. The number of H-pyrrole nitrogens is 1. The first kappa shape index (κ1) is 18.5. The number of aryl methyl sites for hydroxylation is 1. The van der Waals surface area contributed by atoms with Crippen molar-refractivity contribution in [1.29, 1.82) is 0 Å².